The summed E-state index contributed by atoms with van der Waals surface area (Å²) in [6, 6.07) is 0. The van der Waals surface area contributed by atoms with Crippen LogP contribution >= 0.6 is 11.6 Å². The summed E-state index contributed by atoms with van der Waals surface area (Å²) in [5.41, 5.74) is 0. The van der Waals surface area contributed by atoms with Crippen molar-refractivity contribution in [1.29, 1.82) is 0 Å². The van der Waals surface area contributed by atoms with Crippen LogP contribution in [0, 0.1) is 0 Å². The average molecular weight is 149 g/mol. The average Bonchev–Trinajstić information content (AvgIpc) is 1.82. The zero-order valence-electron chi connectivity index (χ0n) is 4.76. The summed E-state index contributed by atoms with van der Waals surface area (Å²) in [5, 5.41) is -1.12. The molecule has 0 unspecified atom stereocenters. The summed E-state index contributed by atoms with van der Waals surface area (Å²) < 4.78 is 4.15. The van der Waals surface area contributed by atoms with E-state index in [2.05, 4.69) is 4.74 Å². The van der Waals surface area contributed by atoms with Crippen molar-refractivity contribution in [2.24, 2.45) is 0 Å². The zero-order chi connectivity index (χ0) is 7.28. The Morgan fingerprint density at radius 1 is 1.56 bits per heavy atom. The van der Waals surface area contributed by atoms with Crippen molar-refractivity contribution < 1.29 is 14.3 Å². The van der Waals surface area contributed by atoms with E-state index in [1.54, 1.807) is 6.92 Å². The predicted molar refractivity (Wildman–Crippen MR) is 31.8 cm³/mol. The quantitative estimate of drug-likeness (QED) is 0.252. The van der Waals surface area contributed by atoms with Gasteiger partial charge in [-0.05, 0) is 18.5 Å². The third-order valence-electron chi connectivity index (χ3n) is 0.472. The maximum atomic E-state index is 10.1. The molecule has 0 saturated carbocycles. The lowest BCUT2D eigenvalue weighted by Gasteiger charge is -1.88. The van der Waals surface area contributed by atoms with Gasteiger partial charge in [0.05, 0.1) is 6.26 Å². The first kappa shape index (κ1) is 8.17. The first-order chi connectivity index (χ1) is 4.18. The highest BCUT2D eigenvalue weighted by Gasteiger charge is 2.08. The van der Waals surface area contributed by atoms with Gasteiger partial charge in [-0.15, -0.1) is 0 Å². The minimum absolute atomic E-state index is 1.06. The van der Waals surface area contributed by atoms with E-state index in [4.69, 9.17) is 11.6 Å². The second-order valence-electron chi connectivity index (χ2n) is 1.15. The molecule has 0 rings (SSSR count). The van der Waals surface area contributed by atoms with E-state index < -0.39 is 11.2 Å². The molecule has 0 heterocycles. The highest BCUT2D eigenvalue weighted by atomic mass is 35.5. The van der Waals surface area contributed by atoms with Crippen molar-refractivity contribution in [3.8, 4) is 0 Å². The van der Waals surface area contributed by atoms with Crippen molar-refractivity contribution in [2.75, 3.05) is 0 Å². The third-order valence-corrected chi connectivity index (χ3v) is 0.626. The highest BCUT2D eigenvalue weighted by molar-refractivity contribution is 6.80. The van der Waals surface area contributed by atoms with E-state index in [9.17, 15) is 9.59 Å². The molecule has 0 atom stereocenters. The summed E-state index contributed by atoms with van der Waals surface area (Å²) >= 11 is 4.72. The topological polar surface area (TPSA) is 43.4 Å². The van der Waals surface area contributed by atoms with Crippen molar-refractivity contribution in [3.63, 3.8) is 0 Å². The van der Waals surface area contributed by atoms with Crippen LogP contribution in [-0.2, 0) is 14.3 Å². The Morgan fingerprint density at radius 3 is 2.44 bits per heavy atom. The lowest BCUT2D eigenvalue weighted by atomic mass is 10.7. The molecule has 0 aliphatic rings. The van der Waals surface area contributed by atoms with Gasteiger partial charge in [0.1, 0.15) is 0 Å². The van der Waals surface area contributed by atoms with Gasteiger partial charge < -0.3 is 4.74 Å². The fourth-order valence-corrected chi connectivity index (χ4v) is 0.221. The molecule has 0 aliphatic carbocycles. The number of carbonyl (C=O) groups is 2. The molecule has 0 bridgehead atoms. The van der Waals surface area contributed by atoms with Crippen molar-refractivity contribution in [2.45, 2.75) is 6.92 Å². The molecule has 0 amide bonds. The summed E-state index contributed by atoms with van der Waals surface area (Å²) in [5.74, 6) is -1.06. The normalized spacial score (nSPS) is 9.56. The predicted octanol–water partition coefficient (Wildman–Crippen LogP) is 0.829. The molecule has 9 heavy (non-hydrogen) atoms. The largest absolute Gasteiger partial charge is 0.428 e. The molecule has 0 aromatic heterocycles. The molecular weight excluding hydrogens is 144 g/mol. The maximum Gasteiger partial charge on any atom is 0.396 e. The van der Waals surface area contributed by atoms with Crippen LogP contribution in [0.2, 0.25) is 0 Å². The number of carbonyl (C=O) groups excluding carboxylic acids is 2. The molecule has 0 spiro atoms. The number of esters is 1. The molecule has 0 fully saturated rings. The summed E-state index contributed by atoms with van der Waals surface area (Å²) in [6.07, 6.45) is 2.56. The van der Waals surface area contributed by atoms with Gasteiger partial charge in [-0.1, -0.05) is 6.08 Å². The Kier molecular flexibility index (Phi) is 3.71. The van der Waals surface area contributed by atoms with E-state index in [1.807, 2.05) is 0 Å². The first-order valence-electron chi connectivity index (χ1n) is 2.20. The van der Waals surface area contributed by atoms with Crippen LogP contribution in [0.15, 0.2) is 12.3 Å². The second-order valence-corrected chi connectivity index (χ2v) is 1.49. The molecule has 50 valence electrons. The lowest BCUT2D eigenvalue weighted by Crippen LogP contribution is -2.07. The fraction of sp³-hybridized carbons (Fsp3) is 0.200. The van der Waals surface area contributed by atoms with Crippen molar-refractivity contribution in [3.05, 3.63) is 12.3 Å². The monoisotopic (exact) mass is 148 g/mol. The van der Waals surface area contributed by atoms with Crippen LogP contribution in [-0.4, -0.2) is 11.2 Å². The number of hydrogen-bond acceptors (Lipinski definition) is 3. The number of allylic oxidation sites excluding steroid dienone is 1. The van der Waals surface area contributed by atoms with Gasteiger partial charge in [0.25, 0.3) is 0 Å². The van der Waals surface area contributed by atoms with E-state index in [0.29, 0.717) is 0 Å². The minimum Gasteiger partial charge on any atom is -0.428 e. The van der Waals surface area contributed by atoms with Crippen molar-refractivity contribution in [1.82, 2.24) is 0 Å². The zero-order valence-corrected chi connectivity index (χ0v) is 5.51. The molecule has 4 heteroatoms. The van der Waals surface area contributed by atoms with Gasteiger partial charge in [-0.25, -0.2) is 4.79 Å². The Balaban J connectivity index is 3.65. The van der Waals surface area contributed by atoms with Gasteiger partial charge in [0, 0.05) is 0 Å². The van der Waals surface area contributed by atoms with Crippen LogP contribution in [0.4, 0.5) is 0 Å². The first-order valence-corrected chi connectivity index (χ1v) is 2.58. The third kappa shape index (κ3) is 3.73. The Morgan fingerprint density at radius 2 is 2.11 bits per heavy atom. The maximum absolute atomic E-state index is 10.1. The molecule has 0 aliphatic heterocycles. The fourth-order valence-electron chi connectivity index (χ4n) is 0.176. The molecule has 0 aromatic carbocycles. The van der Waals surface area contributed by atoms with E-state index in [1.165, 1.54) is 6.08 Å². The molecule has 3 nitrogen and oxygen atoms in total. The van der Waals surface area contributed by atoms with E-state index >= 15 is 0 Å². The van der Waals surface area contributed by atoms with Crippen LogP contribution < -0.4 is 0 Å². The van der Waals surface area contributed by atoms with Crippen LogP contribution in [0.1, 0.15) is 6.92 Å². The second kappa shape index (κ2) is 4.09. The van der Waals surface area contributed by atoms with Gasteiger partial charge in [0.2, 0.25) is 0 Å². The minimum atomic E-state index is -1.12. The molecular formula is C5H5ClO3. The smallest absolute Gasteiger partial charge is 0.396 e. The van der Waals surface area contributed by atoms with Gasteiger partial charge in [-0.3, -0.25) is 4.79 Å². The number of hydrogen-bond donors (Lipinski definition) is 0. The SMILES string of the molecule is C/C=C/OC(=O)C(=O)Cl. The number of rotatable bonds is 2. The number of halogens is 1. The highest BCUT2D eigenvalue weighted by Crippen LogP contribution is 1.86. The molecule has 0 aromatic rings. The lowest BCUT2D eigenvalue weighted by molar-refractivity contribution is -0.146. The van der Waals surface area contributed by atoms with Gasteiger partial charge >= 0.3 is 11.2 Å². The molecule has 0 N–H and O–H groups in total. The summed E-state index contributed by atoms with van der Waals surface area (Å²) in [4.78, 5) is 20.1. The number of ether oxygens (including phenoxy) is 1. The van der Waals surface area contributed by atoms with Crippen molar-refractivity contribution >= 4 is 22.8 Å². The Hall–Kier alpha value is -0.830. The Labute approximate surface area is 57.2 Å². The van der Waals surface area contributed by atoms with E-state index in [0.717, 1.165) is 6.26 Å². The van der Waals surface area contributed by atoms with Crippen LogP contribution in [0.5, 0.6) is 0 Å². The molecule has 0 saturated heterocycles. The molecule has 0 radical (unpaired) electrons. The van der Waals surface area contributed by atoms with Gasteiger partial charge in [0.15, 0.2) is 0 Å². The Bertz CT molecular complexity index is 150. The van der Waals surface area contributed by atoms with Gasteiger partial charge in [-0.2, -0.15) is 0 Å². The van der Waals surface area contributed by atoms with Crippen LogP contribution in [0.25, 0.3) is 0 Å². The standard InChI is InChI=1S/C5H5ClO3/c1-2-3-9-5(8)4(6)7/h2-3H,1H3/b3-2+. The van der Waals surface area contributed by atoms with Crippen LogP contribution in [0.3, 0.4) is 0 Å². The summed E-state index contributed by atoms with van der Waals surface area (Å²) in [6.45, 7) is 1.64. The summed E-state index contributed by atoms with van der Waals surface area (Å²) in [7, 11) is 0. The van der Waals surface area contributed by atoms with E-state index in [-0.39, 0.29) is 0 Å².